The lowest BCUT2D eigenvalue weighted by Gasteiger charge is -2.44. The zero-order valence-electron chi connectivity index (χ0n) is 23.5. The van der Waals surface area contributed by atoms with E-state index in [9.17, 15) is 4.79 Å². The second kappa shape index (κ2) is 9.43. The minimum absolute atomic E-state index is 0.0628. The van der Waals surface area contributed by atoms with Crippen LogP contribution in [-0.2, 0) is 18.6 Å². The second-order valence-electron chi connectivity index (χ2n) is 11.7. The minimum Gasteiger partial charge on any atom is -0.497 e. The summed E-state index contributed by atoms with van der Waals surface area (Å²) in [5, 5.41) is 0. The summed E-state index contributed by atoms with van der Waals surface area (Å²) in [6.07, 6.45) is 6.39. The fourth-order valence-electron chi connectivity index (χ4n) is 6.77. The van der Waals surface area contributed by atoms with Gasteiger partial charge in [0.1, 0.15) is 11.5 Å². The molecule has 0 saturated carbocycles. The molecule has 200 valence electrons. The first kappa shape index (κ1) is 25.7. The van der Waals surface area contributed by atoms with Gasteiger partial charge in [0.2, 0.25) is 0 Å². The molecule has 1 spiro atoms. The minimum atomic E-state index is -0.262. The molecule has 0 unspecified atom stereocenters. The van der Waals surface area contributed by atoms with Gasteiger partial charge in [0.15, 0.2) is 0 Å². The highest BCUT2D eigenvalue weighted by Crippen LogP contribution is 2.49. The molecule has 7 heteroatoms. The molecule has 0 radical (unpaired) electrons. The highest BCUT2D eigenvalue weighted by molar-refractivity contribution is 5.83. The Labute approximate surface area is 221 Å². The number of amides is 2. The number of rotatable bonds is 5. The number of carbonyl (C=O) groups excluding carboxylic acids is 1. The molecular weight excluding hydrogens is 464 g/mol. The van der Waals surface area contributed by atoms with Crippen molar-refractivity contribution in [3.63, 3.8) is 0 Å². The fourth-order valence-corrected chi connectivity index (χ4v) is 6.77. The fraction of sp³-hybridized carbons (Fsp3) is 0.567. The Kier molecular flexibility index (Phi) is 6.55. The van der Waals surface area contributed by atoms with Crippen molar-refractivity contribution >= 4 is 6.03 Å². The van der Waals surface area contributed by atoms with E-state index in [0.717, 1.165) is 55.1 Å². The number of ether oxygens (including phenoxy) is 2. The van der Waals surface area contributed by atoms with Crippen LogP contribution in [0.15, 0.2) is 42.2 Å². The number of aromatic nitrogens is 1. The van der Waals surface area contributed by atoms with Gasteiger partial charge in [-0.1, -0.05) is 13.0 Å². The Morgan fingerprint density at radius 3 is 2.46 bits per heavy atom. The summed E-state index contributed by atoms with van der Waals surface area (Å²) in [5.41, 5.74) is 4.56. The molecule has 2 saturated heterocycles. The molecule has 1 atom stereocenters. The average Bonchev–Trinajstić information content (AvgIpc) is 3.37. The number of likely N-dealkylation sites (N-methyl/N-ethyl adjacent to an activating group) is 1. The van der Waals surface area contributed by atoms with Crippen LogP contribution in [0.2, 0.25) is 0 Å². The van der Waals surface area contributed by atoms with Crippen LogP contribution in [-0.4, -0.2) is 64.7 Å². The Balaban J connectivity index is 1.45. The Bertz CT molecular complexity index is 1200. The number of hydrogen-bond donors (Lipinski definition) is 0. The first-order chi connectivity index (χ1) is 17.6. The Morgan fingerprint density at radius 1 is 1.11 bits per heavy atom. The number of piperidine rings is 1. The van der Waals surface area contributed by atoms with Gasteiger partial charge in [-0.25, -0.2) is 4.79 Å². The number of benzene rings is 1. The predicted octanol–water partition coefficient (Wildman–Crippen LogP) is 5.55. The van der Waals surface area contributed by atoms with E-state index in [1.165, 1.54) is 11.4 Å². The lowest BCUT2D eigenvalue weighted by Crippen LogP contribution is -2.53. The highest BCUT2D eigenvalue weighted by Gasteiger charge is 2.54. The maximum atomic E-state index is 13.8. The molecule has 5 rings (SSSR count). The van der Waals surface area contributed by atoms with E-state index in [2.05, 4.69) is 79.5 Å². The van der Waals surface area contributed by atoms with Gasteiger partial charge < -0.3 is 18.9 Å². The number of urea groups is 1. The van der Waals surface area contributed by atoms with Crippen molar-refractivity contribution in [1.82, 2.24) is 19.3 Å². The first-order valence-corrected chi connectivity index (χ1v) is 13.6. The number of hydrogen-bond acceptors (Lipinski definition) is 4. The molecule has 1 aromatic carbocycles. The number of nitrogens with zero attached hydrogens (tertiary/aromatic N) is 4. The molecule has 0 aliphatic carbocycles. The van der Waals surface area contributed by atoms with E-state index >= 15 is 0 Å². The van der Waals surface area contributed by atoms with Crippen molar-refractivity contribution in [3.05, 3.63) is 59.1 Å². The molecule has 3 aliphatic rings. The summed E-state index contributed by atoms with van der Waals surface area (Å²) in [5.74, 6) is 1.71. The summed E-state index contributed by atoms with van der Waals surface area (Å²) in [6.45, 7) is 15.2. The molecule has 2 aromatic rings. The Morgan fingerprint density at radius 2 is 1.84 bits per heavy atom. The number of carbonyl (C=O) groups is 1. The van der Waals surface area contributed by atoms with Crippen LogP contribution in [0.5, 0.6) is 11.5 Å². The molecule has 3 aliphatic heterocycles. The van der Waals surface area contributed by atoms with E-state index in [1.807, 2.05) is 11.0 Å². The molecule has 7 nitrogen and oxygen atoms in total. The van der Waals surface area contributed by atoms with E-state index in [1.54, 1.807) is 14.2 Å². The molecule has 1 aromatic heterocycles. The van der Waals surface area contributed by atoms with Crippen molar-refractivity contribution < 1.29 is 14.3 Å². The normalized spacial score (nSPS) is 21.5. The summed E-state index contributed by atoms with van der Waals surface area (Å²) in [6, 6.07) is 8.52. The molecule has 0 bridgehead atoms. The van der Waals surface area contributed by atoms with Crippen molar-refractivity contribution in [3.8, 4) is 11.5 Å². The van der Waals surface area contributed by atoms with Gasteiger partial charge in [-0.3, -0.25) is 9.80 Å². The second-order valence-corrected chi connectivity index (χ2v) is 11.7. The number of fused-ring (bicyclic) bond motifs is 3. The highest BCUT2D eigenvalue weighted by atomic mass is 16.5. The first-order valence-electron chi connectivity index (χ1n) is 13.6. The maximum absolute atomic E-state index is 13.8. The van der Waals surface area contributed by atoms with Gasteiger partial charge in [-0.05, 0) is 64.3 Å². The maximum Gasteiger partial charge on any atom is 0.325 e. The van der Waals surface area contributed by atoms with Crippen molar-refractivity contribution in [2.45, 2.75) is 77.5 Å². The summed E-state index contributed by atoms with van der Waals surface area (Å²) >= 11 is 0. The molecule has 37 heavy (non-hydrogen) atoms. The van der Waals surface area contributed by atoms with Gasteiger partial charge >= 0.3 is 6.03 Å². The lowest BCUT2D eigenvalue weighted by atomic mass is 9.82. The number of allylic oxidation sites excluding steroid dienone is 1. The van der Waals surface area contributed by atoms with Crippen LogP contribution in [0.4, 0.5) is 4.79 Å². The molecule has 0 N–H and O–H groups in total. The van der Waals surface area contributed by atoms with Crippen LogP contribution in [0, 0.1) is 0 Å². The van der Waals surface area contributed by atoms with E-state index < -0.39 is 0 Å². The van der Waals surface area contributed by atoms with E-state index in [4.69, 9.17) is 9.47 Å². The topological polar surface area (TPSA) is 50.2 Å². The summed E-state index contributed by atoms with van der Waals surface area (Å²) < 4.78 is 13.7. The predicted molar refractivity (Wildman–Crippen MR) is 146 cm³/mol. The van der Waals surface area contributed by atoms with Gasteiger partial charge in [-0.2, -0.15) is 0 Å². The van der Waals surface area contributed by atoms with E-state index in [-0.39, 0.29) is 23.0 Å². The standard InChI is InChI=1S/C30H42N4O3/c1-8-33-28(35)32-19-22-17-24(36-6)18-25(37-7)27(22)21(2)16-26(32)30(33)11-14-31(15-12-30)20-23-10-9-13-34(23)29(3,4)5/h9-10,13,16-18,21H,8,11-12,14-15,19-20H2,1-7H3/t21-/m0/s1. The van der Waals surface area contributed by atoms with Crippen LogP contribution >= 0.6 is 0 Å². The Hall–Kier alpha value is -2.93. The molecule has 4 heterocycles. The van der Waals surface area contributed by atoms with Crippen molar-refractivity contribution in [2.75, 3.05) is 33.9 Å². The van der Waals surface area contributed by atoms with Crippen LogP contribution in [0.1, 0.15) is 70.2 Å². The van der Waals surface area contributed by atoms with Gasteiger partial charge in [-0.15, -0.1) is 0 Å². The quantitative estimate of drug-likeness (QED) is 0.533. The van der Waals surface area contributed by atoms with Gasteiger partial charge in [0.25, 0.3) is 0 Å². The van der Waals surface area contributed by atoms with Crippen molar-refractivity contribution in [2.24, 2.45) is 0 Å². The van der Waals surface area contributed by atoms with Crippen LogP contribution in [0.3, 0.4) is 0 Å². The third-order valence-corrected chi connectivity index (χ3v) is 8.54. The third-order valence-electron chi connectivity index (χ3n) is 8.54. The molecule has 2 amide bonds. The number of likely N-dealkylation sites (tertiary alicyclic amines) is 1. The average molecular weight is 507 g/mol. The molecular formula is C30H42N4O3. The van der Waals surface area contributed by atoms with E-state index in [0.29, 0.717) is 13.1 Å². The van der Waals surface area contributed by atoms with Crippen LogP contribution in [0.25, 0.3) is 0 Å². The van der Waals surface area contributed by atoms with Gasteiger partial charge in [0, 0.05) is 66.9 Å². The SMILES string of the molecule is CCN1C(=O)N2Cc3cc(OC)cc(OC)c3[C@@H](C)C=C2C12CCN(Cc1cccn1C(C)(C)C)CC2. The van der Waals surface area contributed by atoms with Crippen molar-refractivity contribution in [1.29, 1.82) is 0 Å². The van der Waals surface area contributed by atoms with Gasteiger partial charge in [0.05, 0.1) is 26.3 Å². The number of methoxy groups -OCH3 is 2. The summed E-state index contributed by atoms with van der Waals surface area (Å²) in [7, 11) is 3.38. The smallest absolute Gasteiger partial charge is 0.325 e. The zero-order chi connectivity index (χ0) is 26.5. The largest absolute Gasteiger partial charge is 0.497 e. The van der Waals surface area contributed by atoms with Crippen LogP contribution < -0.4 is 9.47 Å². The zero-order valence-corrected chi connectivity index (χ0v) is 23.5. The lowest BCUT2D eigenvalue weighted by molar-refractivity contribution is 0.0869. The molecule has 2 fully saturated rings. The summed E-state index contributed by atoms with van der Waals surface area (Å²) in [4.78, 5) is 20.5. The monoisotopic (exact) mass is 506 g/mol. The third kappa shape index (κ3) is 4.21.